The summed E-state index contributed by atoms with van der Waals surface area (Å²) < 4.78 is 30.1. The molecule has 0 bridgehead atoms. The zero-order valence-electron chi connectivity index (χ0n) is 13.2. The molecule has 23 heavy (non-hydrogen) atoms. The molecule has 1 fully saturated rings. The normalized spacial score (nSPS) is 19.3. The molecule has 2 rings (SSSR count). The van der Waals surface area contributed by atoms with Gasteiger partial charge >= 0.3 is 0 Å². The summed E-state index contributed by atoms with van der Waals surface area (Å²) in [5, 5.41) is 3.23. The number of nitrogens with zero attached hydrogens (tertiary/aromatic N) is 1. The summed E-state index contributed by atoms with van der Waals surface area (Å²) in [7, 11) is -3.28. The second kappa shape index (κ2) is 7.51. The largest absolute Gasteiger partial charge is 0.490 e. The first-order chi connectivity index (χ1) is 10.8. The van der Waals surface area contributed by atoms with Gasteiger partial charge in [0.1, 0.15) is 0 Å². The van der Waals surface area contributed by atoms with Crippen LogP contribution in [0.25, 0.3) is 0 Å². The second-order valence-electron chi connectivity index (χ2n) is 5.50. The lowest BCUT2D eigenvalue weighted by molar-refractivity contribution is -0.120. The summed E-state index contributed by atoms with van der Waals surface area (Å²) in [6, 6.07) is 5.13. The van der Waals surface area contributed by atoms with Gasteiger partial charge in [-0.3, -0.25) is 4.79 Å². The van der Waals surface area contributed by atoms with Gasteiger partial charge in [0.2, 0.25) is 15.9 Å². The molecule has 0 aromatic heterocycles. The van der Waals surface area contributed by atoms with Crippen molar-refractivity contribution >= 4 is 33.2 Å². The Labute approximate surface area is 141 Å². The summed E-state index contributed by atoms with van der Waals surface area (Å²) in [6.07, 6.45) is 2.48. The van der Waals surface area contributed by atoms with E-state index in [0.29, 0.717) is 42.5 Å². The fourth-order valence-electron chi connectivity index (χ4n) is 2.59. The number of nitrogens with one attached hydrogen (secondary N) is 1. The standard InChI is InChI=1S/C15H21ClN2O4S/c1-3-22-14-12(16)7-4-8-13(14)17-15(19)11-6-5-9-18(10-11)23(2,20)21/h4,7-8,11H,3,5-6,9-10H2,1-2H3,(H,17,19)/t11-/m1/s1. The zero-order chi connectivity index (χ0) is 17.0. The molecule has 0 aliphatic carbocycles. The number of amides is 1. The number of carbonyl (C=O) groups is 1. The van der Waals surface area contributed by atoms with Gasteiger partial charge in [0, 0.05) is 13.1 Å². The number of hydrogen-bond donors (Lipinski definition) is 1. The van der Waals surface area contributed by atoms with E-state index in [0.717, 1.165) is 6.26 Å². The fraction of sp³-hybridized carbons (Fsp3) is 0.533. The van der Waals surface area contributed by atoms with Crippen LogP contribution in [0.2, 0.25) is 5.02 Å². The summed E-state index contributed by atoms with van der Waals surface area (Å²) >= 11 is 6.10. The molecule has 0 radical (unpaired) electrons. The second-order valence-corrected chi connectivity index (χ2v) is 7.89. The number of para-hydroxylation sites is 1. The third-order valence-corrected chi connectivity index (χ3v) is 5.30. The Bertz CT molecular complexity index is 678. The quantitative estimate of drug-likeness (QED) is 0.874. The van der Waals surface area contributed by atoms with Gasteiger partial charge in [-0.2, -0.15) is 0 Å². The molecular formula is C15H21ClN2O4S. The predicted octanol–water partition coefficient (Wildman–Crippen LogP) is 2.35. The van der Waals surface area contributed by atoms with Crippen LogP contribution in [0, 0.1) is 5.92 Å². The summed E-state index contributed by atoms with van der Waals surface area (Å²) in [4.78, 5) is 12.5. The molecule has 1 amide bonds. The molecule has 6 nitrogen and oxygen atoms in total. The fourth-order valence-corrected chi connectivity index (χ4v) is 3.73. The minimum absolute atomic E-state index is 0.204. The van der Waals surface area contributed by atoms with E-state index in [1.807, 2.05) is 6.92 Å². The number of piperidine rings is 1. The highest BCUT2D eigenvalue weighted by Crippen LogP contribution is 2.33. The van der Waals surface area contributed by atoms with Crippen molar-refractivity contribution in [3.8, 4) is 5.75 Å². The van der Waals surface area contributed by atoms with Gasteiger partial charge in [0.25, 0.3) is 0 Å². The summed E-state index contributed by atoms with van der Waals surface area (Å²) in [6.45, 7) is 2.93. The molecule has 1 heterocycles. The monoisotopic (exact) mass is 360 g/mol. The Balaban J connectivity index is 2.12. The Hall–Kier alpha value is -1.31. The van der Waals surface area contributed by atoms with E-state index in [2.05, 4.69) is 5.32 Å². The van der Waals surface area contributed by atoms with E-state index in [4.69, 9.17) is 16.3 Å². The predicted molar refractivity (Wildman–Crippen MR) is 90.4 cm³/mol. The molecule has 1 saturated heterocycles. The van der Waals surface area contributed by atoms with Crippen LogP contribution in [0.15, 0.2) is 18.2 Å². The van der Waals surface area contributed by atoms with Crippen LogP contribution in [0.5, 0.6) is 5.75 Å². The minimum atomic E-state index is -3.28. The van der Waals surface area contributed by atoms with Crippen molar-refractivity contribution in [2.45, 2.75) is 19.8 Å². The first kappa shape index (κ1) is 18.0. The molecule has 1 aromatic carbocycles. The molecule has 128 valence electrons. The Morgan fingerprint density at radius 2 is 2.22 bits per heavy atom. The first-order valence-electron chi connectivity index (χ1n) is 7.50. The number of benzene rings is 1. The number of carbonyl (C=O) groups excluding carboxylic acids is 1. The van der Waals surface area contributed by atoms with Gasteiger partial charge in [-0.25, -0.2) is 12.7 Å². The van der Waals surface area contributed by atoms with E-state index in [9.17, 15) is 13.2 Å². The smallest absolute Gasteiger partial charge is 0.228 e. The maximum absolute atomic E-state index is 12.5. The van der Waals surface area contributed by atoms with Crippen molar-refractivity contribution in [2.24, 2.45) is 5.92 Å². The average Bonchev–Trinajstić information content (AvgIpc) is 2.50. The van der Waals surface area contributed by atoms with E-state index < -0.39 is 10.0 Å². The van der Waals surface area contributed by atoms with Crippen molar-refractivity contribution in [1.29, 1.82) is 0 Å². The molecule has 1 N–H and O–H groups in total. The van der Waals surface area contributed by atoms with Crippen LogP contribution in [-0.2, 0) is 14.8 Å². The Morgan fingerprint density at radius 1 is 1.48 bits per heavy atom. The van der Waals surface area contributed by atoms with Crippen LogP contribution in [-0.4, -0.2) is 44.6 Å². The molecular weight excluding hydrogens is 340 g/mol. The number of sulfonamides is 1. The molecule has 0 spiro atoms. The van der Waals surface area contributed by atoms with Gasteiger partial charge in [0.05, 0.1) is 29.5 Å². The minimum Gasteiger partial charge on any atom is -0.490 e. The lowest BCUT2D eigenvalue weighted by atomic mass is 9.98. The van der Waals surface area contributed by atoms with Gasteiger partial charge in [-0.1, -0.05) is 17.7 Å². The molecule has 8 heteroatoms. The van der Waals surface area contributed by atoms with E-state index in [1.54, 1.807) is 18.2 Å². The highest BCUT2D eigenvalue weighted by molar-refractivity contribution is 7.88. The molecule has 1 atom stereocenters. The summed E-state index contributed by atoms with van der Waals surface area (Å²) in [5.74, 6) is -0.172. The number of halogens is 1. The van der Waals surface area contributed by atoms with Crippen LogP contribution < -0.4 is 10.1 Å². The van der Waals surface area contributed by atoms with Crippen molar-refractivity contribution in [3.63, 3.8) is 0 Å². The Kier molecular flexibility index (Phi) is 5.89. The number of anilines is 1. The molecule has 0 unspecified atom stereocenters. The topological polar surface area (TPSA) is 75.7 Å². The van der Waals surface area contributed by atoms with Crippen molar-refractivity contribution < 1.29 is 17.9 Å². The summed E-state index contributed by atoms with van der Waals surface area (Å²) in [5.41, 5.74) is 0.501. The SMILES string of the molecule is CCOc1c(Cl)cccc1NC(=O)[C@@H]1CCCN(S(C)(=O)=O)C1. The van der Waals surface area contributed by atoms with Crippen LogP contribution in [0.4, 0.5) is 5.69 Å². The van der Waals surface area contributed by atoms with Crippen LogP contribution >= 0.6 is 11.6 Å². The first-order valence-corrected chi connectivity index (χ1v) is 9.73. The lowest BCUT2D eigenvalue weighted by Gasteiger charge is -2.30. The van der Waals surface area contributed by atoms with Crippen molar-refractivity contribution in [2.75, 3.05) is 31.3 Å². The average molecular weight is 361 g/mol. The van der Waals surface area contributed by atoms with Crippen molar-refractivity contribution in [3.05, 3.63) is 23.2 Å². The van der Waals surface area contributed by atoms with E-state index >= 15 is 0 Å². The third-order valence-electron chi connectivity index (χ3n) is 3.74. The van der Waals surface area contributed by atoms with Crippen molar-refractivity contribution in [1.82, 2.24) is 4.31 Å². The zero-order valence-corrected chi connectivity index (χ0v) is 14.8. The molecule has 0 saturated carbocycles. The third kappa shape index (κ3) is 4.59. The van der Waals surface area contributed by atoms with E-state index in [-0.39, 0.29) is 18.4 Å². The van der Waals surface area contributed by atoms with Gasteiger partial charge < -0.3 is 10.1 Å². The van der Waals surface area contributed by atoms with Crippen LogP contribution in [0.1, 0.15) is 19.8 Å². The van der Waals surface area contributed by atoms with Crippen LogP contribution in [0.3, 0.4) is 0 Å². The highest BCUT2D eigenvalue weighted by Gasteiger charge is 2.30. The maximum atomic E-state index is 12.5. The van der Waals surface area contributed by atoms with Gasteiger partial charge in [-0.05, 0) is 31.9 Å². The number of ether oxygens (including phenoxy) is 1. The van der Waals surface area contributed by atoms with Gasteiger partial charge in [-0.15, -0.1) is 0 Å². The molecule has 1 aromatic rings. The Morgan fingerprint density at radius 3 is 2.87 bits per heavy atom. The number of rotatable bonds is 5. The maximum Gasteiger partial charge on any atom is 0.228 e. The molecule has 1 aliphatic rings. The number of hydrogen-bond acceptors (Lipinski definition) is 4. The van der Waals surface area contributed by atoms with Gasteiger partial charge in [0.15, 0.2) is 5.75 Å². The lowest BCUT2D eigenvalue weighted by Crippen LogP contribution is -2.43. The van der Waals surface area contributed by atoms with E-state index in [1.165, 1.54) is 4.31 Å². The molecule has 1 aliphatic heterocycles. The highest BCUT2D eigenvalue weighted by atomic mass is 35.5.